The molecule has 1 aromatic rings. The third kappa shape index (κ3) is 4.37. The van der Waals surface area contributed by atoms with Gasteiger partial charge in [0.15, 0.2) is 0 Å². The predicted molar refractivity (Wildman–Crippen MR) is 64.6 cm³/mol. The summed E-state index contributed by atoms with van der Waals surface area (Å²) >= 11 is 11.1. The van der Waals surface area contributed by atoms with E-state index < -0.39 is 5.82 Å². The van der Waals surface area contributed by atoms with E-state index in [1.807, 2.05) is 0 Å². The Balaban J connectivity index is 2.49. The van der Waals surface area contributed by atoms with Crippen molar-refractivity contribution in [2.24, 2.45) is 0 Å². The molecule has 5 heteroatoms. The number of benzene rings is 1. The minimum atomic E-state index is -0.529. The lowest BCUT2D eigenvalue weighted by molar-refractivity contribution is -0.116. The molecular weight excluding hydrogens is 252 g/mol. The zero-order valence-corrected chi connectivity index (χ0v) is 10.1. The molecule has 0 spiro atoms. The summed E-state index contributed by atoms with van der Waals surface area (Å²) in [7, 11) is 0. The first-order chi connectivity index (χ1) is 7.63. The van der Waals surface area contributed by atoms with Gasteiger partial charge in [-0.1, -0.05) is 11.6 Å². The normalized spacial score (nSPS) is 10.2. The molecular formula is C11H12Cl2FNO. The summed E-state index contributed by atoms with van der Waals surface area (Å²) < 4.78 is 13.3. The Hall–Kier alpha value is -0.800. The molecule has 0 heterocycles. The summed E-state index contributed by atoms with van der Waals surface area (Å²) in [6, 6.07) is 4.13. The van der Waals surface area contributed by atoms with Gasteiger partial charge in [0.25, 0.3) is 0 Å². The summed E-state index contributed by atoms with van der Waals surface area (Å²) in [4.78, 5) is 11.4. The van der Waals surface area contributed by atoms with Crippen molar-refractivity contribution in [3.63, 3.8) is 0 Å². The molecule has 0 aliphatic heterocycles. The molecule has 0 radical (unpaired) electrons. The molecule has 88 valence electrons. The number of alkyl halides is 1. The second kappa shape index (κ2) is 6.71. The molecule has 2 nitrogen and oxygen atoms in total. The van der Waals surface area contributed by atoms with Crippen LogP contribution in [0.3, 0.4) is 0 Å². The highest BCUT2D eigenvalue weighted by Gasteiger charge is 2.06. The van der Waals surface area contributed by atoms with Crippen LogP contribution in [0.15, 0.2) is 18.2 Å². The number of carbonyl (C=O) groups excluding carboxylic acids is 1. The lowest BCUT2D eigenvalue weighted by Crippen LogP contribution is -2.12. The number of hydrogen-bond acceptors (Lipinski definition) is 1. The molecule has 16 heavy (non-hydrogen) atoms. The fourth-order valence-corrected chi connectivity index (χ4v) is 1.53. The second-order valence-electron chi connectivity index (χ2n) is 3.32. The highest BCUT2D eigenvalue weighted by molar-refractivity contribution is 6.30. The number of hydrogen-bond donors (Lipinski definition) is 1. The lowest BCUT2D eigenvalue weighted by atomic mass is 10.2. The molecule has 0 bridgehead atoms. The van der Waals surface area contributed by atoms with E-state index in [9.17, 15) is 9.18 Å². The van der Waals surface area contributed by atoms with Crippen molar-refractivity contribution in [3.8, 4) is 0 Å². The van der Waals surface area contributed by atoms with E-state index in [0.717, 1.165) is 12.5 Å². The summed E-state index contributed by atoms with van der Waals surface area (Å²) in [5, 5.41) is 2.78. The smallest absolute Gasteiger partial charge is 0.224 e. The molecule has 1 N–H and O–H groups in total. The van der Waals surface area contributed by atoms with E-state index in [2.05, 4.69) is 5.32 Å². The Morgan fingerprint density at radius 3 is 2.75 bits per heavy atom. The molecule has 0 fully saturated rings. The second-order valence-corrected chi connectivity index (χ2v) is 4.13. The molecule has 0 aliphatic carbocycles. The van der Waals surface area contributed by atoms with Crippen molar-refractivity contribution in [2.75, 3.05) is 11.2 Å². The highest BCUT2D eigenvalue weighted by Crippen LogP contribution is 2.19. The number of anilines is 1. The Labute approximate surface area is 104 Å². The van der Waals surface area contributed by atoms with Gasteiger partial charge in [0, 0.05) is 17.3 Å². The van der Waals surface area contributed by atoms with Gasteiger partial charge >= 0.3 is 0 Å². The molecule has 0 atom stereocenters. The van der Waals surface area contributed by atoms with Gasteiger partial charge in [0.2, 0.25) is 5.91 Å². The molecule has 0 unspecified atom stereocenters. The standard InChI is InChI=1S/C11H12Cl2FNO/c12-6-2-1-3-11(16)15-10-5-4-8(13)7-9(10)14/h4-5,7H,1-3,6H2,(H,15,16). The van der Waals surface area contributed by atoms with E-state index >= 15 is 0 Å². The third-order valence-electron chi connectivity index (χ3n) is 1.99. The Kier molecular flexibility index (Phi) is 5.56. The van der Waals surface area contributed by atoms with Gasteiger partial charge in [-0.05, 0) is 31.0 Å². The molecule has 0 aromatic heterocycles. The van der Waals surface area contributed by atoms with E-state index in [1.165, 1.54) is 12.1 Å². The lowest BCUT2D eigenvalue weighted by Gasteiger charge is -2.06. The van der Waals surface area contributed by atoms with Crippen molar-refractivity contribution < 1.29 is 9.18 Å². The van der Waals surface area contributed by atoms with Crippen LogP contribution in [0.1, 0.15) is 19.3 Å². The fourth-order valence-electron chi connectivity index (χ4n) is 1.18. The van der Waals surface area contributed by atoms with Gasteiger partial charge in [-0.2, -0.15) is 0 Å². The minimum absolute atomic E-state index is 0.153. The Morgan fingerprint density at radius 2 is 2.12 bits per heavy atom. The van der Waals surface area contributed by atoms with Crippen LogP contribution in [0.4, 0.5) is 10.1 Å². The topological polar surface area (TPSA) is 29.1 Å². The van der Waals surface area contributed by atoms with Crippen LogP contribution in [0.25, 0.3) is 0 Å². The van der Waals surface area contributed by atoms with Gasteiger partial charge in [0.1, 0.15) is 5.82 Å². The van der Waals surface area contributed by atoms with Crippen molar-refractivity contribution in [1.82, 2.24) is 0 Å². The van der Waals surface area contributed by atoms with Gasteiger partial charge in [0.05, 0.1) is 5.69 Å². The third-order valence-corrected chi connectivity index (χ3v) is 2.50. The average Bonchev–Trinajstić information content (AvgIpc) is 2.23. The van der Waals surface area contributed by atoms with Crippen LogP contribution in [0, 0.1) is 5.82 Å². The summed E-state index contributed by atoms with van der Waals surface area (Å²) in [5.74, 6) is -0.215. The monoisotopic (exact) mass is 263 g/mol. The van der Waals surface area contributed by atoms with Crippen molar-refractivity contribution in [1.29, 1.82) is 0 Å². The van der Waals surface area contributed by atoms with Crippen molar-refractivity contribution in [3.05, 3.63) is 29.0 Å². The average molecular weight is 264 g/mol. The summed E-state index contributed by atoms with van der Waals surface area (Å²) in [6.45, 7) is 0. The largest absolute Gasteiger partial charge is 0.324 e. The fraction of sp³-hybridized carbons (Fsp3) is 0.364. The maximum atomic E-state index is 13.3. The number of amides is 1. The van der Waals surface area contributed by atoms with Gasteiger partial charge in [-0.15, -0.1) is 11.6 Å². The molecule has 1 amide bonds. The van der Waals surface area contributed by atoms with Crippen LogP contribution in [0.5, 0.6) is 0 Å². The maximum Gasteiger partial charge on any atom is 0.224 e. The zero-order valence-electron chi connectivity index (χ0n) is 8.60. The molecule has 0 saturated heterocycles. The molecule has 0 saturated carbocycles. The van der Waals surface area contributed by atoms with E-state index in [1.54, 1.807) is 0 Å². The van der Waals surface area contributed by atoms with E-state index in [0.29, 0.717) is 23.7 Å². The molecule has 0 aliphatic rings. The SMILES string of the molecule is O=C(CCCCCl)Nc1ccc(Cl)cc1F. The van der Waals surface area contributed by atoms with Crippen LogP contribution < -0.4 is 5.32 Å². The van der Waals surface area contributed by atoms with Gasteiger partial charge < -0.3 is 5.32 Å². The van der Waals surface area contributed by atoms with Crippen molar-refractivity contribution in [2.45, 2.75) is 19.3 Å². The van der Waals surface area contributed by atoms with Crippen LogP contribution in [-0.2, 0) is 4.79 Å². The first kappa shape index (κ1) is 13.3. The Bertz CT molecular complexity index is 371. The van der Waals surface area contributed by atoms with E-state index in [-0.39, 0.29) is 11.6 Å². The van der Waals surface area contributed by atoms with Crippen LogP contribution in [0.2, 0.25) is 5.02 Å². The first-order valence-electron chi connectivity index (χ1n) is 4.94. The van der Waals surface area contributed by atoms with Crippen LogP contribution >= 0.6 is 23.2 Å². The zero-order chi connectivity index (χ0) is 12.0. The number of unbranched alkanes of at least 4 members (excludes halogenated alkanes) is 1. The van der Waals surface area contributed by atoms with Gasteiger partial charge in [-0.3, -0.25) is 4.79 Å². The molecule has 1 aromatic carbocycles. The van der Waals surface area contributed by atoms with Gasteiger partial charge in [-0.25, -0.2) is 4.39 Å². The maximum absolute atomic E-state index is 13.3. The quantitative estimate of drug-likeness (QED) is 0.635. The predicted octanol–water partition coefficient (Wildman–Crippen LogP) is 3.83. The first-order valence-corrected chi connectivity index (χ1v) is 5.85. The van der Waals surface area contributed by atoms with Crippen molar-refractivity contribution >= 4 is 34.8 Å². The molecule has 1 rings (SSSR count). The van der Waals surface area contributed by atoms with E-state index in [4.69, 9.17) is 23.2 Å². The summed E-state index contributed by atoms with van der Waals surface area (Å²) in [6.07, 6.45) is 1.82. The summed E-state index contributed by atoms with van der Waals surface area (Å²) in [5.41, 5.74) is 0.153. The highest BCUT2D eigenvalue weighted by atomic mass is 35.5. The minimum Gasteiger partial charge on any atom is -0.324 e. The number of rotatable bonds is 5. The number of carbonyl (C=O) groups is 1. The van der Waals surface area contributed by atoms with Crippen LogP contribution in [-0.4, -0.2) is 11.8 Å². The number of halogens is 3. The number of nitrogens with one attached hydrogen (secondary N) is 1. The Morgan fingerprint density at radius 1 is 1.38 bits per heavy atom.